The molecule has 0 atom stereocenters. The Morgan fingerprint density at radius 2 is 0.967 bits per heavy atom. The summed E-state index contributed by atoms with van der Waals surface area (Å²) in [6.07, 6.45) is 24.8. The van der Waals surface area contributed by atoms with E-state index in [4.69, 9.17) is 5.73 Å². The SMILES string of the molecule is CCCCCCCCCCCCCCCCCCCCCC(=O)OS(=O)(=O)CCN. The van der Waals surface area contributed by atoms with Crippen molar-refractivity contribution in [3.05, 3.63) is 0 Å². The van der Waals surface area contributed by atoms with Gasteiger partial charge in [0.25, 0.3) is 0 Å². The lowest BCUT2D eigenvalue weighted by atomic mass is 10.0. The van der Waals surface area contributed by atoms with Crippen LogP contribution in [0.1, 0.15) is 135 Å². The standard InChI is InChI=1S/C24H49NO4S/c1-2-3-4-5-6-7-8-9-10-11-12-13-14-15-16-17-18-19-20-21-24(26)29-30(27,28)23-22-25/h2-23,25H2,1H3. The molecule has 0 saturated carbocycles. The molecule has 0 radical (unpaired) electrons. The molecule has 0 spiro atoms. The van der Waals surface area contributed by atoms with Crippen molar-refractivity contribution in [2.45, 2.75) is 135 Å². The van der Waals surface area contributed by atoms with Crippen LogP contribution in [0.2, 0.25) is 0 Å². The van der Waals surface area contributed by atoms with Crippen LogP contribution in [0, 0.1) is 0 Å². The van der Waals surface area contributed by atoms with E-state index in [1.165, 1.54) is 103 Å². The Kier molecular flexibility index (Phi) is 21.2. The number of hydrogen-bond donors (Lipinski definition) is 1. The lowest BCUT2D eigenvalue weighted by Crippen LogP contribution is -2.21. The average molecular weight is 448 g/mol. The van der Waals surface area contributed by atoms with E-state index in [1.807, 2.05) is 0 Å². The molecule has 0 fully saturated rings. The van der Waals surface area contributed by atoms with Crippen molar-refractivity contribution in [1.82, 2.24) is 0 Å². The molecule has 0 amide bonds. The van der Waals surface area contributed by atoms with E-state index in [2.05, 4.69) is 11.1 Å². The van der Waals surface area contributed by atoms with Gasteiger partial charge in [0.2, 0.25) is 0 Å². The molecular weight excluding hydrogens is 398 g/mol. The fourth-order valence-corrected chi connectivity index (χ4v) is 4.46. The zero-order chi connectivity index (χ0) is 22.3. The molecule has 0 aromatic rings. The van der Waals surface area contributed by atoms with E-state index in [0.29, 0.717) is 6.42 Å². The highest BCUT2D eigenvalue weighted by molar-refractivity contribution is 7.87. The topological polar surface area (TPSA) is 86.5 Å². The first-order chi connectivity index (χ1) is 14.5. The van der Waals surface area contributed by atoms with Crippen LogP contribution >= 0.6 is 0 Å². The second kappa shape index (κ2) is 21.6. The van der Waals surface area contributed by atoms with Crippen molar-refractivity contribution in [2.24, 2.45) is 5.73 Å². The smallest absolute Gasteiger partial charge is 0.322 e. The van der Waals surface area contributed by atoms with Gasteiger partial charge in [0.05, 0.1) is 5.75 Å². The molecule has 0 rings (SSSR count). The van der Waals surface area contributed by atoms with Crippen LogP contribution < -0.4 is 5.73 Å². The van der Waals surface area contributed by atoms with E-state index >= 15 is 0 Å². The Labute approximate surface area is 187 Å². The predicted molar refractivity (Wildman–Crippen MR) is 127 cm³/mol. The highest BCUT2D eigenvalue weighted by Crippen LogP contribution is 2.15. The molecule has 30 heavy (non-hydrogen) atoms. The van der Waals surface area contributed by atoms with E-state index in [-0.39, 0.29) is 18.7 Å². The second-order valence-corrected chi connectivity index (χ2v) is 10.3. The van der Waals surface area contributed by atoms with Gasteiger partial charge in [-0.15, -0.1) is 0 Å². The van der Waals surface area contributed by atoms with Crippen LogP contribution in [0.3, 0.4) is 0 Å². The van der Waals surface area contributed by atoms with E-state index in [0.717, 1.165) is 12.8 Å². The van der Waals surface area contributed by atoms with Crippen molar-refractivity contribution in [1.29, 1.82) is 0 Å². The third-order valence-corrected chi connectivity index (χ3v) is 6.75. The summed E-state index contributed by atoms with van der Waals surface area (Å²) in [7, 11) is -3.78. The van der Waals surface area contributed by atoms with Crippen LogP contribution in [0.5, 0.6) is 0 Å². The second-order valence-electron chi connectivity index (χ2n) is 8.62. The van der Waals surface area contributed by atoms with E-state index < -0.39 is 16.1 Å². The summed E-state index contributed by atoms with van der Waals surface area (Å²) in [5.74, 6) is -0.965. The molecule has 0 unspecified atom stereocenters. The zero-order valence-electron chi connectivity index (χ0n) is 19.7. The maximum Gasteiger partial charge on any atom is 0.322 e. The quantitative estimate of drug-likeness (QED) is 0.140. The summed E-state index contributed by atoms with van der Waals surface area (Å²) in [5.41, 5.74) is 5.17. The fraction of sp³-hybridized carbons (Fsp3) is 0.958. The molecule has 6 heteroatoms. The first-order valence-corrected chi connectivity index (χ1v) is 14.2. The molecule has 0 aliphatic rings. The van der Waals surface area contributed by atoms with Crippen molar-refractivity contribution >= 4 is 16.1 Å². The maximum atomic E-state index is 11.5. The summed E-state index contributed by atoms with van der Waals surface area (Å²) in [6, 6.07) is 0. The normalized spacial score (nSPS) is 11.7. The number of rotatable bonds is 23. The first kappa shape index (κ1) is 29.4. The van der Waals surface area contributed by atoms with Gasteiger partial charge in [0.15, 0.2) is 0 Å². The molecule has 0 aromatic carbocycles. The van der Waals surface area contributed by atoms with Crippen molar-refractivity contribution in [3.63, 3.8) is 0 Å². The van der Waals surface area contributed by atoms with Crippen LogP contribution in [0.25, 0.3) is 0 Å². The van der Waals surface area contributed by atoms with Gasteiger partial charge < -0.3 is 9.92 Å². The van der Waals surface area contributed by atoms with Gasteiger partial charge in [-0.25, -0.2) is 0 Å². The summed E-state index contributed by atoms with van der Waals surface area (Å²) in [6.45, 7) is 2.24. The highest BCUT2D eigenvalue weighted by Gasteiger charge is 2.15. The molecule has 0 aliphatic carbocycles. The van der Waals surface area contributed by atoms with Gasteiger partial charge in [-0.2, -0.15) is 8.42 Å². The van der Waals surface area contributed by atoms with Crippen molar-refractivity contribution in [3.8, 4) is 0 Å². The maximum absolute atomic E-state index is 11.5. The zero-order valence-corrected chi connectivity index (χ0v) is 20.5. The van der Waals surface area contributed by atoms with E-state index in [9.17, 15) is 13.2 Å². The molecular formula is C24H49NO4S. The van der Waals surface area contributed by atoms with Crippen molar-refractivity contribution in [2.75, 3.05) is 12.3 Å². The molecule has 0 saturated heterocycles. The van der Waals surface area contributed by atoms with E-state index in [1.54, 1.807) is 0 Å². The van der Waals surface area contributed by atoms with Crippen LogP contribution in [0.15, 0.2) is 0 Å². The van der Waals surface area contributed by atoms with Gasteiger partial charge >= 0.3 is 16.1 Å². The fourth-order valence-electron chi connectivity index (χ4n) is 3.72. The predicted octanol–water partition coefficient (Wildman–Crippen LogP) is 6.64. The minimum atomic E-state index is -3.78. The lowest BCUT2D eigenvalue weighted by molar-refractivity contribution is -0.133. The molecule has 180 valence electrons. The minimum Gasteiger partial charge on any atom is -0.346 e. The number of carbonyl (C=O) groups is 1. The number of unbranched alkanes of at least 4 members (excludes halogenated alkanes) is 18. The number of hydrogen-bond acceptors (Lipinski definition) is 5. The molecule has 2 N–H and O–H groups in total. The lowest BCUT2D eigenvalue weighted by Gasteiger charge is -2.05. The van der Waals surface area contributed by atoms with Crippen LogP contribution in [-0.2, 0) is 19.1 Å². The van der Waals surface area contributed by atoms with Crippen molar-refractivity contribution < 1.29 is 17.4 Å². The average Bonchev–Trinajstić information content (AvgIpc) is 2.69. The Bertz CT molecular complexity index is 480. The highest BCUT2D eigenvalue weighted by atomic mass is 32.2. The molecule has 0 aromatic heterocycles. The largest absolute Gasteiger partial charge is 0.346 e. The van der Waals surface area contributed by atoms with Crippen LogP contribution in [-0.4, -0.2) is 26.7 Å². The summed E-state index contributed by atoms with van der Waals surface area (Å²) in [4.78, 5) is 11.5. The summed E-state index contributed by atoms with van der Waals surface area (Å²) < 4.78 is 27.1. The van der Waals surface area contributed by atoms with Gasteiger partial charge in [-0.05, 0) is 6.42 Å². The minimum absolute atomic E-state index is 0.0329. The van der Waals surface area contributed by atoms with Crippen LogP contribution in [0.4, 0.5) is 0 Å². The summed E-state index contributed by atoms with van der Waals surface area (Å²) in [5, 5.41) is 0. The third-order valence-electron chi connectivity index (χ3n) is 5.57. The number of carbonyl (C=O) groups excluding carboxylic acids is 1. The Hall–Kier alpha value is -0.620. The number of nitrogens with two attached hydrogens (primary N) is 1. The first-order valence-electron chi connectivity index (χ1n) is 12.7. The third kappa shape index (κ3) is 22.1. The Morgan fingerprint density at radius 3 is 1.30 bits per heavy atom. The van der Waals surface area contributed by atoms with Gasteiger partial charge in [-0.1, -0.05) is 122 Å². The van der Waals surface area contributed by atoms with Gasteiger partial charge in [-0.3, -0.25) is 4.79 Å². The monoisotopic (exact) mass is 447 g/mol. The molecule has 0 bridgehead atoms. The summed E-state index contributed by atoms with van der Waals surface area (Å²) >= 11 is 0. The Morgan fingerprint density at radius 1 is 0.633 bits per heavy atom. The van der Waals surface area contributed by atoms with Gasteiger partial charge in [0, 0.05) is 13.0 Å². The molecule has 0 aliphatic heterocycles. The van der Waals surface area contributed by atoms with Gasteiger partial charge in [0.1, 0.15) is 0 Å². The molecule has 0 heterocycles. The molecule has 5 nitrogen and oxygen atoms in total. The Balaban J connectivity index is 3.22.